The van der Waals surface area contributed by atoms with Gasteiger partial charge in [0.1, 0.15) is 5.54 Å². The molecule has 0 aromatic heterocycles. The Hall–Kier alpha value is -0.620. The average Bonchev–Trinajstić information content (AvgIpc) is 2.54. The summed E-state index contributed by atoms with van der Waals surface area (Å²) in [5.41, 5.74) is -0.952. The highest BCUT2D eigenvalue weighted by molar-refractivity contribution is 7.91. The van der Waals surface area contributed by atoms with Crippen LogP contribution in [-0.4, -0.2) is 43.1 Å². The average molecular weight is 249 g/mol. The van der Waals surface area contributed by atoms with E-state index in [2.05, 4.69) is 5.32 Å². The molecule has 5 nitrogen and oxygen atoms in total. The molecule has 6 heteroatoms. The fraction of sp³-hybridized carbons (Fsp3) is 0.900. The van der Waals surface area contributed by atoms with Gasteiger partial charge in [0.15, 0.2) is 9.84 Å². The van der Waals surface area contributed by atoms with Crippen LogP contribution in [0, 0.1) is 5.92 Å². The Morgan fingerprint density at radius 3 is 2.56 bits per heavy atom. The van der Waals surface area contributed by atoms with Crippen LogP contribution in [0.5, 0.6) is 0 Å². The van der Waals surface area contributed by atoms with Gasteiger partial charge in [0, 0.05) is 6.54 Å². The van der Waals surface area contributed by atoms with E-state index in [9.17, 15) is 13.2 Å². The number of sulfone groups is 1. The number of aliphatic carboxylic acids is 1. The van der Waals surface area contributed by atoms with Gasteiger partial charge in [-0.05, 0) is 25.7 Å². The fourth-order valence-corrected chi connectivity index (χ4v) is 3.62. The highest BCUT2D eigenvalue weighted by Gasteiger charge is 2.33. The van der Waals surface area contributed by atoms with E-state index in [1.165, 1.54) is 0 Å². The molecule has 0 aromatic carbocycles. The molecule has 1 aliphatic heterocycles. The van der Waals surface area contributed by atoms with Crippen LogP contribution in [0.1, 0.15) is 26.7 Å². The second-order valence-electron chi connectivity index (χ2n) is 4.64. The number of hydrogen-bond acceptors (Lipinski definition) is 4. The molecule has 2 unspecified atom stereocenters. The van der Waals surface area contributed by atoms with E-state index in [1.807, 2.05) is 0 Å². The highest BCUT2D eigenvalue weighted by atomic mass is 32.2. The van der Waals surface area contributed by atoms with Crippen molar-refractivity contribution in [3.8, 4) is 0 Å². The Kier molecular flexibility index (Phi) is 3.96. The highest BCUT2D eigenvalue weighted by Crippen LogP contribution is 2.19. The number of rotatable bonds is 5. The van der Waals surface area contributed by atoms with E-state index >= 15 is 0 Å². The maximum Gasteiger partial charge on any atom is 0.323 e. The van der Waals surface area contributed by atoms with Gasteiger partial charge in [-0.25, -0.2) is 8.42 Å². The molecule has 2 N–H and O–H groups in total. The first-order valence-corrected chi connectivity index (χ1v) is 7.30. The van der Waals surface area contributed by atoms with Crippen molar-refractivity contribution in [2.24, 2.45) is 5.92 Å². The molecule has 1 aliphatic rings. The molecule has 0 aromatic rings. The van der Waals surface area contributed by atoms with Gasteiger partial charge in [-0.2, -0.15) is 0 Å². The van der Waals surface area contributed by atoms with Gasteiger partial charge >= 0.3 is 5.97 Å². The quantitative estimate of drug-likeness (QED) is 0.730. The van der Waals surface area contributed by atoms with Crippen molar-refractivity contribution in [2.75, 3.05) is 18.1 Å². The Morgan fingerprint density at radius 2 is 2.19 bits per heavy atom. The lowest BCUT2D eigenvalue weighted by atomic mass is 9.98. The lowest BCUT2D eigenvalue weighted by Crippen LogP contribution is -2.50. The van der Waals surface area contributed by atoms with E-state index in [1.54, 1.807) is 13.8 Å². The monoisotopic (exact) mass is 249 g/mol. The maximum atomic E-state index is 11.2. The zero-order valence-corrected chi connectivity index (χ0v) is 10.5. The largest absolute Gasteiger partial charge is 0.480 e. The molecule has 0 saturated carbocycles. The zero-order chi connectivity index (χ0) is 12.4. The van der Waals surface area contributed by atoms with Gasteiger partial charge in [0.05, 0.1) is 11.5 Å². The maximum absolute atomic E-state index is 11.2. The number of carbonyl (C=O) groups is 1. The summed E-state index contributed by atoms with van der Waals surface area (Å²) in [6.45, 7) is 3.88. The summed E-state index contributed by atoms with van der Waals surface area (Å²) in [6, 6.07) is 0. The molecule has 0 spiro atoms. The summed E-state index contributed by atoms with van der Waals surface area (Å²) in [6.07, 6.45) is 1.11. The van der Waals surface area contributed by atoms with Crippen LogP contribution in [0.25, 0.3) is 0 Å². The second-order valence-corrected chi connectivity index (χ2v) is 6.87. The smallest absolute Gasteiger partial charge is 0.323 e. The molecule has 2 atom stereocenters. The summed E-state index contributed by atoms with van der Waals surface area (Å²) in [5.74, 6) is -0.430. The molecule has 94 valence electrons. The van der Waals surface area contributed by atoms with Crippen molar-refractivity contribution in [1.29, 1.82) is 0 Å². The normalized spacial score (nSPS) is 27.5. The van der Waals surface area contributed by atoms with Gasteiger partial charge in [-0.15, -0.1) is 0 Å². The predicted octanol–water partition coefficient (Wildman–Crippen LogP) is 0.264. The fourth-order valence-electron chi connectivity index (χ4n) is 1.75. The first-order valence-electron chi connectivity index (χ1n) is 5.48. The number of carboxylic acid groups (broad SMARTS) is 1. The van der Waals surface area contributed by atoms with Crippen LogP contribution in [0.3, 0.4) is 0 Å². The summed E-state index contributed by atoms with van der Waals surface area (Å²) >= 11 is 0. The summed E-state index contributed by atoms with van der Waals surface area (Å²) in [4.78, 5) is 11.0. The number of hydrogen-bond donors (Lipinski definition) is 2. The predicted molar refractivity (Wildman–Crippen MR) is 61.1 cm³/mol. The van der Waals surface area contributed by atoms with E-state index in [0.717, 1.165) is 0 Å². The van der Waals surface area contributed by atoms with Crippen molar-refractivity contribution in [2.45, 2.75) is 32.2 Å². The van der Waals surface area contributed by atoms with Crippen molar-refractivity contribution >= 4 is 15.8 Å². The molecule has 0 amide bonds. The van der Waals surface area contributed by atoms with Gasteiger partial charge in [0.2, 0.25) is 0 Å². The Balaban J connectivity index is 2.49. The Bertz CT molecular complexity index is 365. The zero-order valence-electron chi connectivity index (χ0n) is 9.69. The van der Waals surface area contributed by atoms with Crippen LogP contribution in [-0.2, 0) is 14.6 Å². The van der Waals surface area contributed by atoms with Crippen molar-refractivity contribution in [1.82, 2.24) is 5.32 Å². The number of nitrogens with one attached hydrogen (secondary N) is 1. The molecular weight excluding hydrogens is 230 g/mol. The molecule has 0 aliphatic carbocycles. The summed E-state index contributed by atoms with van der Waals surface area (Å²) in [5, 5.41) is 12.0. The van der Waals surface area contributed by atoms with Crippen LogP contribution >= 0.6 is 0 Å². The SMILES string of the molecule is CCC(C)(NCC1CCS(=O)(=O)C1)C(=O)O. The number of carboxylic acids is 1. The Labute approximate surface area is 96.1 Å². The molecule has 1 rings (SSSR count). The summed E-state index contributed by atoms with van der Waals surface area (Å²) in [7, 11) is -2.88. The third-order valence-electron chi connectivity index (χ3n) is 3.29. The molecule has 1 fully saturated rings. The first kappa shape index (κ1) is 13.4. The minimum Gasteiger partial charge on any atom is -0.480 e. The molecule has 1 saturated heterocycles. The van der Waals surface area contributed by atoms with Crippen LogP contribution < -0.4 is 5.32 Å². The van der Waals surface area contributed by atoms with Crippen LogP contribution in [0.2, 0.25) is 0 Å². The lowest BCUT2D eigenvalue weighted by Gasteiger charge is -2.26. The third kappa shape index (κ3) is 3.18. The Morgan fingerprint density at radius 1 is 1.56 bits per heavy atom. The minimum atomic E-state index is -2.88. The van der Waals surface area contributed by atoms with Gasteiger partial charge in [-0.1, -0.05) is 6.92 Å². The molecule has 1 heterocycles. The van der Waals surface area contributed by atoms with Gasteiger partial charge in [0.25, 0.3) is 0 Å². The molecular formula is C10H19NO4S. The molecule has 0 bridgehead atoms. The van der Waals surface area contributed by atoms with E-state index in [4.69, 9.17) is 5.11 Å². The standard InChI is InChI=1S/C10H19NO4S/c1-3-10(2,9(12)13)11-6-8-4-5-16(14,15)7-8/h8,11H,3-7H2,1-2H3,(H,12,13). The van der Waals surface area contributed by atoms with Gasteiger partial charge < -0.3 is 10.4 Å². The topological polar surface area (TPSA) is 83.5 Å². The van der Waals surface area contributed by atoms with Crippen molar-refractivity contribution in [3.05, 3.63) is 0 Å². The second kappa shape index (κ2) is 4.71. The first-order chi connectivity index (χ1) is 7.29. The van der Waals surface area contributed by atoms with Crippen LogP contribution in [0.15, 0.2) is 0 Å². The third-order valence-corrected chi connectivity index (χ3v) is 5.12. The molecule has 0 radical (unpaired) electrons. The van der Waals surface area contributed by atoms with Crippen molar-refractivity contribution < 1.29 is 18.3 Å². The van der Waals surface area contributed by atoms with Gasteiger partial charge in [-0.3, -0.25) is 4.79 Å². The minimum absolute atomic E-state index is 0.0511. The molecule has 16 heavy (non-hydrogen) atoms. The van der Waals surface area contributed by atoms with Crippen LogP contribution in [0.4, 0.5) is 0 Å². The lowest BCUT2D eigenvalue weighted by molar-refractivity contribution is -0.144. The van der Waals surface area contributed by atoms with Crippen molar-refractivity contribution in [3.63, 3.8) is 0 Å². The van der Waals surface area contributed by atoms with E-state index < -0.39 is 21.3 Å². The van der Waals surface area contributed by atoms with E-state index in [0.29, 0.717) is 19.4 Å². The van der Waals surface area contributed by atoms with E-state index in [-0.39, 0.29) is 17.4 Å². The summed E-state index contributed by atoms with van der Waals surface area (Å²) < 4.78 is 22.4.